The van der Waals surface area contributed by atoms with Gasteiger partial charge in [0.15, 0.2) is 0 Å². The van der Waals surface area contributed by atoms with Crippen LogP contribution in [0, 0.1) is 18.3 Å². The van der Waals surface area contributed by atoms with E-state index in [1.807, 2.05) is 25.1 Å². The van der Waals surface area contributed by atoms with Crippen LogP contribution >= 0.6 is 0 Å². The highest BCUT2D eigenvalue weighted by Gasteiger charge is 2.14. The predicted molar refractivity (Wildman–Crippen MR) is 73.7 cm³/mol. The molecule has 2 rings (SSSR count). The quantitative estimate of drug-likeness (QED) is 0.630. The first-order chi connectivity index (χ1) is 9.61. The zero-order chi connectivity index (χ0) is 14.5. The van der Waals surface area contributed by atoms with Gasteiger partial charge in [-0.25, -0.2) is 0 Å². The smallest absolute Gasteiger partial charge is 0.313 e. The van der Waals surface area contributed by atoms with Gasteiger partial charge in [-0.3, -0.25) is 14.6 Å². The minimum atomic E-state index is -0.851. The van der Waals surface area contributed by atoms with Crippen molar-refractivity contribution in [2.24, 2.45) is 0 Å². The molecule has 0 aliphatic carbocycles. The van der Waals surface area contributed by atoms with Crippen molar-refractivity contribution >= 4 is 28.4 Å². The number of aromatic nitrogens is 1. The largest absolute Gasteiger partial charge is 0.335 e. The SMILES string of the molecule is Cc1ccc2cccc(NC(=O)C(=O)NCC#N)c2n1. The predicted octanol–water partition coefficient (Wildman–Crippen LogP) is 1.12. The molecule has 0 bridgehead atoms. The summed E-state index contributed by atoms with van der Waals surface area (Å²) in [6.45, 7) is 1.64. The second-order valence-electron chi connectivity index (χ2n) is 4.12. The standard InChI is InChI=1S/C14H12N4O2/c1-9-5-6-10-3-2-4-11(12(10)17-9)18-14(20)13(19)16-8-7-15/h2-6H,8H2,1H3,(H,16,19)(H,18,20). The van der Waals surface area contributed by atoms with Gasteiger partial charge in [0.25, 0.3) is 0 Å². The third kappa shape index (κ3) is 2.90. The molecule has 6 nitrogen and oxygen atoms in total. The van der Waals surface area contributed by atoms with Crippen LogP contribution in [0.5, 0.6) is 0 Å². The Bertz CT molecular complexity index is 719. The van der Waals surface area contributed by atoms with Crippen LogP contribution in [0.4, 0.5) is 5.69 Å². The van der Waals surface area contributed by atoms with Gasteiger partial charge in [-0.2, -0.15) is 5.26 Å². The molecule has 0 unspecified atom stereocenters. The third-order valence-corrected chi connectivity index (χ3v) is 2.64. The summed E-state index contributed by atoms with van der Waals surface area (Å²) in [6.07, 6.45) is 0. The second kappa shape index (κ2) is 5.80. The van der Waals surface area contributed by atoms with Gasteiger partial charge in [0, 0.05) is 11.1 Å². The molecular weight excluding hydrogens is 256 g/mol. The summed E-state index contributed by atoms with van der Waals surface area (Å²) in [5.74, 6) is -1.67. The molecule has 2 amide bonds. The van der Waals surface area contributed by atoms with Gasteiger partial charge < -0.3 is 10.6 Å². The number of carbonyl (C=O) groups is 2. The number of benzene rings is 1. The molecule has 6 heteroatoms. The molecule has 2 aromatic rings. The van der Waals surface area contributed by atoms with Crippen molar-refractivity contribution in [3.8, 4) is 6.07 Å². The summed E-state index contributed by atoms with van der Waals surface area (Å²) in [7, 11) is 0. The van der Waals surface area contributed by atoms with Crippen molar-refractivity contribution in [2.45, 2.75) is 6.92 Å². The Kier molecular flexibility index (Phi) is 3.91. The number of anilines is 1. The van der Waals surface area contributed by atoms with E-state index in [4.69, 9.17) is 5.26 Å². The Labute approximate surface area is 115 Å². The highest BCUT2D eigenvalue weighted by Crippen LogP contribution is 2.21. The van der Waals surface area contributed by atoms with Gasteiger partial charge in [-0.1, -0.05) is 18.2 Å². The van der Waals surface area contributed by atoms with E-state index in [2.05, 4.69) is 15.6 Å². The average Bonchev–Trinajstić information content (AvgIpc) is 2.45. The van der Waals surface area contributed by atoms with Crippen LogP contribution in [-0.2, 0) is 9.59 Å². The van der Waals surface area contributed by atoms with Gasteiger partial charge in [-0.05, 0) is 19.1 Å². The molecule has 2 N–H and O–H groups in total. The number of hydrogen-bond acceptors (Lipinski definition) is 4. The highest BCUT2D eigenvalue weighted by molar-refractivity contribution is 6.40. The van der Waals surface area contributed by atoms with E-state index in [0.717, 1.165) is 11.1 Å². The number of nitriles is 1. The Morgan fingerprint density at radius 2 is 2.05 bits per heavy atom. The number of pyridine rings is 1. The summed E-state index contributed by atoms with van der Waals surface area (Å²) in [5.41, 5.74) is 1.89. The van der Waals surface area contributed by atoms with Crippen molar-refractivity contribution in [3.63, 3.8) is 0 Å². The summed E-state index contributed by atoms with van der Waals surface area (Å²) in [6, 6.07) is 10.8. The normalized spacial score (nSPS) is 9.80. The van der Waals surface area contributed by atoms with E-state index in [0.29, 0.717) is 11.2 Å². The maximum atomic E-state index is 11.7. The first-order valence-corrected chi connectivity index (χ1v) is 5.94. The number of aryl methyl sites for hydroxylation is 1. The van der Waals surface area contributed by atoms with Gasteiger partial charge in [-0.15, -0.1) is 0 Å². The lowest BCUT2D eigenvalue weighted by Gasteiger charge is -2.08. The molecule has 1 aromatic heterocycles. The van der Waals surface area contributed by atoms with Crippen molar-refractivity contribution in [1.29, 1.82) is 5.26 Å². The van der Waals surface area contributed by atoms with Crippen LogP contribution in [0.15, 0.2) is 30.3 Å². The average molecular weight is 268 g/mol. The lowest BCUT2D eigenvalue weighted by atomic mass is 10.1. The number of rotatable bonds is 2. The van der Waals surface area contributed by atoms with Crippen LogP contribution in [0.25, 0.3) is 10.9 Å². The van der Waals surface area contributed by atoms with E-state index in [9.17, 15) is 9.59 Å². The number of carbonyl (C=O) groups excluding carboxylic acids is 2. The van der Waals surface area contributed by atoms with Crippen LogP contribution < -0.4 is 10.6 Å². The minimum absolute atomic E-state index is 0.209. The van der Waals surface area contributed by atoms with E-state index in [-0.39, 0.29) is 6.54 Å². The molecule has 20 heavy (non-hydrogen) atoms. The minimum Gasteiger partial charge on any atom is -0.335 e. The van der Waals surface area contributed by atoms with Gasteiger partial charge >= 0.3 is 11.8 Å². The molecular formula is C14H12N4O2. The van der Waals surface area contributed by atoms with Crippen LogP contribution in [0.2, 0.25) is 0 Å². The first-order valence-electron chi connectivity index (χ1n) is 5.94. The van der Waals surface area contributed by atoms with E-state index in [1.165, 1.54) is 0 Å². The number of hydrogen-bond donors (Lipinski definition) is 2. The molecule has 0 saturated carbocycles. The Morgan fingerprint density at radius 3 is 2.80 bits per heavy atom. The number of amides is 2. The van der Waals surface area contributed by atoms with E-state index in [1.54, 1.807) is 18.2 Å². The molecule has 0 atom stereocenters. The fourth-order valence-electron chi connectivity index (χ4n) is 1.72. The summed E-state index contributed by atoms with van der Waals surface area (Å²) in [4.78, 5) is 27.5. The molecule has 0 spiro atoms. The Balaban J connectivity index is 2.26. The third-order valence-electron chi connectivity index (χ3n) is 2.64. The van der Waals surface area contributed by atoms with Gasteiger partial charge in [0.1, 0.15) is 6.54 Å². The number of para-hydroxylation sites is 1. The van der Waals surface area contributed by atoms with Crippen molar-refractivity contribution in [2.75, 3.05) is 11.9 Å². The Hall–Kier alpha value is -2.94. The molecule has 0 radical (unpaired) electrons. The number of nitrogens with one attached hydrogen (secondary N) is 2. The first kappa shape index (κ1) is 13.5. The molecule has 0 saturated heterocycles. The fourth-order valence-corrected chi connectivity index (χ4v) is 1.72. The lowest BCUT2D eigenvalue weighted by molar-refractivity contribution is -0.136. The van der Waals surface area contributed by atoms with Crippen molar-refractivity contribution in [1.82, 2.24) is 10.3 Å². The van der Waals surface area contributed by atoms with Crippen LogP contribution in [0.3, 0.4) is 0 Å². The monoisotopic (exact) mass is 268 g/mol. The topological polar surface area (TPSA) is 94.9 Å². The number of fused-ring (bicyclic) bond motifs is 1. The maximum Gasteiger partial charge on any atom is 0.313 e. The van der Waals surface area contributed by atoms with Crippen LogP contribution in [0.1, 0.15) is 5.69 Å². The zero-order valence-electron chi connectivity index (χ0n) is 10.8. The van der Waals surface area contributed by atoms with Crippen molar-refractivity contribution in [3.05, 3.63) is 36.0 Å². The molecule has 0 aliphatic rings. The summed E-state index contributed by atoms with van der Waals surface area (Å²) < 4.78 is 0. The lowest BCUT2D eigenvalue weighted by Crippen LogP contribution is -2.35. The van der Waals surface area contributed by atoms with Crippen LogP contribution in [-0.4, -0.2) is 23.3 Å². The molecule has 100 valence electrons. The maximum absolute atomic E-state index is 11.7. The molecule has 1 aromatic carbocycles. The number of nitrogens with zero attached hydrogens (tertiary/aromatic N) is 2. The second-order valence-corrected chi connectivity index (χ2v) is 4.12. The fraction of sp³-hybridized carbons (Fsp3) is 0.143. The summed E-state index contributed by atoms with van der Waals surface area (Å²) in [5, 5.41) is 13.9. The summed E-state index contributed by atoms with van der Waals surface area (Å²) >= 11 is 0. The van der Waals surface area contributed by atoms with Gasteiger partial charge in [0.05, 0.1) is 17.3 Å². The van der Waals surface area contributed by atoms with Crippen molar-refractivity contribution < 1.29 is 9.59 Å². The molecule has 0 fully saturated rings. The Morgan fingerprint density at radius 1 is 1.25 bits per heavy atom. The van der Waals surface area contributed by atoms with E-state index < -0.39 is 11.8 Å². The molecule has 0 aliphatic heterocycles. The highest BCUT2D eigenvalue weighted by atomic mass is 16.2. The van der Waals surface area contributed by atoms with Gasteiger partial charge in [0.2, 0.25) is 0 Å². The van der Waals surface area contributed by atoms with E-state index >= 15 is 0 Å². The molecule has 1 heterocycles. The zero-order valence-corrected chi connectivity index (χ0v) is 10.8.